The van der Waals surface area contributed by atoms with Crippen LogP contribution in [0.25, 0.3) is 0 Å². The maximum absolute atomic E-state index is 10.8. The summed E-state index contributed by atoms with van der Waals surface area (Å²) in [5.74, 6) is -3.27. The Labute approximate surface area is 90.4 Å². The van der Waals surface area contributed by atoms with Gasteiger partial charge in [0.15, 0.2) is 12.7 Å². The van der Waals surface area contributed by atoms with Crippen LogP contribution in [0.15, 0.2) is 0 Å². The first-order chi connectivity index (χ1) is 7.47. The molecule has 0 aliphatic carbocycles. The molecule has 0 aliphatic heterocycles. The first kappa shape index (κ1) is 14.3. The summed E-state index contributed by atoms with van der Waals surface area (Å²) in [6, 6.07) is 0. The molecule has 1 atom stereocenters. The Balaban J connectivity index is 3.58. The molecule has 0 rings (SSSR count). The number of aliphatic hydroxyl groups is 2. The topological polar surface area (TPSA) is 130 Å². The lowest BCUT2D eigenvalue weighted by Crippen LogP contribution is -2.24. The fraction of sp³-hybridized carbons (Fsp3) is 0.625. The number of carbonyl (C=O) groups is 3. The zero-order valence-corrected chi connectivity index (χ0v) is 8.29. The van der Waals surface area contributed by atoms with Gasteiger partial charge in [-0.15, -0.1) is 0 Å². The predicted octanol–water partition coefficient (Wildman–Crippen LogP) is -2.10. The Morgan fingerprint density at radius 3 is 2.25 bits per heavy atom. The SMILES string of the molecule is O=C(CO)OCC(=O)OCCC(O)C(=O)O. The van der Waals surface area contributed by atoms with Crippen LogP contribution in [-0.2, 0) is 23.9 Å². The van der Waals surface area contributed by atoms with E-state index in [0.717, 1.165) is 0 Å². The third-order valence-electron chi connectivity index (χ3n) is 1.42. The van der Waals surface area contributed by atoms with Gasteiger partial charge in [-0.25, -0.2) is 14.4 Å². The monoisotopic (exact) mass is 236 g/mol. The van der Waals surface area contributed by atoms with Crippen LogP contribution in [0.2, 0.25) is 0 Å². The van der Waals surface area contributed by atoms with Gasteiger partial charge < -0.3 is 24.8 Å². The Kier molecular flexibility index (Phi) is 6.81. The van der Waals surface area contributed by atoms with Crippen LogP contribution in [0.5, 0.6) is 0 Å². The highest BCUT2D eigenvalue weighted by atomic mass is 16.6. The molecule has 3 N–H and O–H groups in total. The third-order valence-corrected chi connectivity index (χ3v) is 1.42. The summed E-state index contributed by atoms with van der Waals surface area (Å²) in [6.45, 7) is -1.81. The number of aliphatic hydroxyl groups excluding tert-OH is 2. The van der Waals surface area contributed by atoms with Crippen molar-refractivity contribution in [3.63, 3.8) is 0 Å². The van der Waals surface area contributed by atoms with E-state index in [2.05, 4.69) is 9.47 Å². The van der Waals surface area contributed by atoms with Gasteiger partial charge in [0.25, 0.3) is 0 Å². The maximum Gasteiger partial charge on any atom is 0.344 e. The van der Waals surface area contributed by atoms with Gasteiger partial charge in [-0.2, -0.15) is 0 Å². The molecule has 0 bridgehead atoms. The zero-order chi connectivity index (χ0) is 12.6. The highest BCUT2D eigenvalue weighted by Crippen LogP contribution is 1.93. The smallest absolute Gasteiger partial charge is 0.344 e. The number of carbonyl (C=O) groups excluding carboxylic acids is 2. The molecule has 0 aromatic carbocycles. The molecule has 92 valence electrons. The molecule has 0 saturated carbocycles. The van der Waals surface area contributed by atoms with Crippen molar-refractivity contribution in [2.45, 2.75) is 12.5 Å². The van der Waals surface area contributed by atoms with Crippen molar-refractivity contribution in [3.05, 3.63) is 0 Å². The van der Waals surface area contributed by atoms with Crippen molar-refractivity contribution in [1.29, 1.82) is 0 Å². The minimum Gasteiger partial charge on any atom is -0.479 e. The number of rotatable bonds is 7. The van der Waals surface area contributed by atoms with E-state index in [9.17, 15) is 14.4 Å². The number of hydrogen-bond acceptors (Lipinski definition) is 7. The van der Waals surface area contributed by atoms with E-state index in [1.54, 1.807) is 0 Å². The number of ether oxygens (including phenoxy) is 2. The van der Waals surface area contributed by atoms with Gasteiger partial charge in [-0.3, -0.25) is 0 Å². The van der Waals surface area contributed by atoms with E-state index in [-0.39, 0.29) is 13.0 Å². The highest BCUT2D eigenvalue weighted by molar-refractivity contribution is 5.76. The van der Waals surface area contributed by atoms with E-state index in [1.165, 1.54) is 0 Å². The summed E-state index contributed by atoms with van der Waals surface area (Å²) in [5, 5.41) is 25.3. The lowest BCUT2D eigenvalue weighted by Gasteiger charge is -2.06. The van der Waals surface area contributed by atoms with Gasteiger partial charge in [0, 0.05) is 6.42 Å². The summed E-state index contributed by atoms with van der Waals surface area (Å²) in [6.07, 6.45) is -1.86. The van der Waals surface area contributed by atoms with Crippen LogP contribution >= 0.6 is 0 Å². The van der Waals surface area contributed by atoms with Crippen LogP contribution in [0.1, 0.15) is 6.42 Å². The Hall–Kier alpha value is -1.67. The normalized spacial score (nSPS) is 11.6. The van der Waals surface area contributed by atoms with Crippen LogP contribution < -0.4 is 0 Å². The molecule has 0 aromatic heterocycles. The quantitative estimate of drug-likeness (QED) is 0.428. The van der Waals surface area contributed by atoms with E-state index >= 15 is 0 Å². The molecule has 0 saturated heterocycles. The second-order valence-corrected chi connectivity index (χ2v) is 2.68. The third kappa shape index (κ3) is 6.74. The minimum absolute atomic E-state index is 0.255. The standard InChI is InChI=1S/C8H12O8/c9-3-6(11)16-4-7(12)15-2-1-5(10)8(13)14/h5,9-10H,1-4H2,(H,13,14). The predicted molar refractivity (Wildman–Crippen MR) is 47.3 cm³/mol. The van der Waals surface area contributed by atoms with E-state index in [4.69, 9.17) is 15.3 Å². The number of carboxylic acids is 1. The fourth-order valence-corrected chi connectivity index (χ4v) is 0.635. The summed E-state index contributed by atoms with van der Waals surface area (Å²) in [7, 11) is 0. The van der Waals surface area contributed by atoms with Gasteiger partial charge in [0.2, 0.25) is 0 Å². The van der Waals surface area contributed by atoms with Crippen LogP contribution in [0.3, 0.4) is 0 Å². The van der Waals surface area contributed by atoms with Gasteiger partial charge in [0.05, 0.1) is 6.61 Å². The van der Waals surface area contributed by atoms with E-state index < -0.39 is 37.2 Å². The highest BCUT2D eigenvalue weighted by Gasteiger charge is 2.14. The number of aliphatic carboxylic acids is 1. The van der Waals surface area contributed by atoms with Crippen molar-refractivity contribution in [1.82, 2.24) is 0 Å². The van der Waals surface area contributed by atoms with Gasteiger partial charge in [0.1, 0.15) is 6.61 Å². The molecule has 0 heterocycles. The molecule has 0 spiro atoms. The fourth-order valence-electron chi connectivity index (χ4n) is 0.635. The Morgan fingerprint density at radius 2 is 1.75 bits per heavy atom. The number of carboxylic acid groups (broad SMARTS) is 1. The molecule has 16 heavy (non-hydrogen) atoms. The molecule has 0 radical (unpaired) electrons. The minimum atomic E-state index is -1.60. The molecular weight excluding hydrogens is 224 g/mol. The molecule has 0 fully saturated rings. The first-order valence-electron chi connectivity index (χ1n) is 4.30. The first-order valence-corrected chi connectivity index (χ1v) is 4.30. The van der Waals surface area contributed by atoms with Gasteiger partial charge >= 0.3 is 17.9 Å². The summed E-state index contributed by atoms with van der Waals surface area (Å²) in [5.41, 5.74) is 0. The van der Waals surface area contributed by atoms with Crippen molar-refractivity contribution in [2.24, 2.45) is 0 Å². The largest absolute Gasteiger partial charge is 0.479 e. The van der Waals surface area contributed by atoms with Crippen molar-refractivity contribution < 1.29 is 39.2 Å². The van der Waals surface area contributed by atoms with E-state index in [0.29, 0.717) is 0 Å². The summed E-state index contributed by atoms with van der Waals surface area (Å²) >= 11 is 0. The number of esters is 2. The van der Waals surface area contributed by atoms with Crippen molar-refractivity contribution in [3.8, 4) is 0 Å². The average Bonchev–Trinajstić information content (AvgIpc) is 2.25. The van der Waals surface area contributed by atoms with Crippen LogP contribution in [0, 0.1) is 0 Å². The maximum atomic E-state index is 10.8. The number of hydrogen-bond donors (Lipinski definition) is 3. The molecule has 0 aromatic rings. The van der Waals surface area contributed by atoms with Crippen molar-refractivity contribution in [2.75, 3.05) is 19.8 Å². The van der Waals surface area contributed by atoms with Gasteiger partial charge in [-0.05, 0) is 0 Å². The summed E-state index contributed by atoms with van der Waals surface area (Å²) in [4.78, 5) is 31.3. The van der Waals surface area contributed by atoms with E-state index in [1.807, 2.05) is 0 Å². The van der Waals surface area contributed by atoms with Crippen LogP contribution in [0.4, 0.5) is 0 Å². The average molecular weight is 236 g/mol. The second kappa shape index (κ2) is 7.60. The zero-order valence-electron chi connectivity index (χ0n) is 8.29. The van der Waals surface area contributed by atoms with Crippen LogP contribution in [-0.4, -0.2) is 59.2 Å². The Bertz CT molecular complexity index is 261. The molecule has 0 amide bonds. The lowest BCUT2D eigenvalue weighted by molar-refractivity contribution is -0.161. The molecule has 8 nitrogen and oxygen atoms in total. The Morgan fingerprint density at radius 1 is 1.12 bits per heavy atom. The van der Waals surface area contributed by atoms with Crippen molar-refractivity contribution >= 4 is 17.9 Å². The molecular formula is C8H12O8. The molecule has 0 aliphatic rings. The van der Waals surface area contributed by atoms with Gasteiger partial charge in [-0.1, -0.05) is 0 Å². The second-order valence-electron chi connectivity index (χ2n) is 2.68. The lowest BCUT2D eigenvalue weighted by atomic mass is 10.3. The molecule has 1 unspecified atom stereocenters. The molecule has 8 heteroatoms. The summed E-state index contributed by atoms with van der Waals surface area (Å²) < 4.78 is 8.65.